The molecule has 4 nitrogen and oxygen atoms in total. The van der Waals surface area contributed by atoms with E-state index in [0.717, 1.165) is 0 Å². The second-order valence-electron chi connectivity index (χ2n) is 4.76. The van der Waals surface area contributed by atoms with Crippen molar-refractivity contribution < 1.29 is 19.1 Å². The van der Waals surface area contributed by atoms with Gasteiger partial charge < -0.3 is 9.47 Å². The van der Waals surface area contributed by atoms with Crippen molar-refractivity contribution in [2.75, 3.05) is 14.2 Å². The van der Waals surface area contributed by atoms with Crippen LogP contribution in [0.1, 0.15) is 19.3 Å². The van der Waals surface area contributed by atoms with Crippen LogP contribution in [0.15, 0.2) is 0 Å². The summed E-state index contributed by atoms with van der Waals surface area (Å²) in [5, 5.41) is 0. The van der Waals surface area contributed by atoms with Gasteiger partial charge in [-0.1, -0.05) is 31.9 Å². The van der Waals surface area contributed by atoms with E-state index in [4.69, 9.17) is 9.47 Å². The summed E-state index contributed by atoms with van der Waals surface area (Å²) in [4.78, 5) is 24.2. The van der Waals surface area contributed by atoms with E-state index in [1.54, 1.807) is 0 Å². The van der Waals surface area contributed by atoms with E-state index in [0.29, 0.717) is 19.3 Å². The van der Waals surface area contributed by atoms with Crippen LogP contribution in [0.25, 0.3) is 0 Å². The Balaban J connectivity index is 2.33. The van der Waals surface area contributed by atoms with Gasteiger partial charge in [0.2, 0.25) is 0 Å². The number of hydrogen-bond donors (Lipinski definition) is 0. The first-order valence-corrected chi connectivity index (χ1v) is 7.21. The number of alkyl halides is 2. The highest BCUT2D eigenvalue weighted by Gasteiger charge is 2.79. The minimum atomic E-state index is -0.687. The van der Waals surface area contributed by atoms with Crippen LogP contribution >= 0.6 is 31.9 Å². The molecule has 2 fully saturated rings. The van der Waals surface area contributed by atoms with Crippen molar-refractivity contribution in [1.29, 1.82) is 0 Å². The molecule has 0 aromatic heterocycles. The summed E-state index contributed by atoms with van der Waals surface area (Å²) in [6, 6.07) is 0. The van der Waals surface area contributed by atoms with E-state index in [2.05, 4.69) is 31.9 Å². The molecule has 0 aromatic rings. The zero-order valence-electron chi connectivity index (χ0n) is 9.66. The first-order chi connectivity index (χ1) is 7.93. The quantitative estimate of drug-likeness (QED) is 0.552. The lowest BCUT2D eigenvalue weighted by Gasteiger charge is -2.33. The van der Waals surface area contributed by atoms with Gasteiger partial charge in [-0.2, -0.15) is 0 Å². The van der Waals surface area contributed by atoms with Gasteiger partial charge >= 0.3 is 11.9 Å². The number of rotatable bonds is 2. The fourth-order valence-electron chi connectivity index (χ4n) is 3.02. The molecule has 0 heterocycles. The second-order valence-corrected chi connectivity index (χ2v) is 7.12. The number of halogens is 2. The smallest absolute Gasteiger partial charge is 0.313 e. The summed E-state index contributed by atoms with van der Waals surface area (Å²) in [7, 11) is 2.72. The molecule has 0 N–H and O–H groups in total. The van der Waals surface area contributed by atoms with E-state index in [-0.39, 0.29) is 21.6 Å². The fourth-order valence-corrected chi connectivity index (χ4v) is 4.50. The summed E-state index contributed by atoms with van der Waals surface area (Å²) >= 11 is 7.08. The monoisotopic (exact) mass is 368 g/mol. The lowest BCUT2D eigenvalue weighted by molar-refractivity contribution is -0.159. The maximum atomic E-state index is 11.9. The first kappa shape index (κ1) is 13.3. The molecule has 0 radical (unpaired) electrons. The number of ether oxygens (including phenoxy) is 2. The van der Waals surface area contributed by atoms with Crippen molar-refractivity contribution in [1.82, 2.24) is 0 Å². The minimum absolute atomic E-state index is 0.168. The Hall–Kier alpha value is -0.100. The van der Waals surface area contributed by atoms with Gasteiger partial charge in [0.05, 0.1) is 25.0 Å². The van der Waals surface area contributed by atoms with E-state index in [1.165, 1.54) is 14.2 Å². The van der Waals surface area contributed by atoms with Gasteiger partial charge in [-0.05, 0) is 19.3 Å². The standard InChI is InChI=1S/C11H14Br2O4/c1-16-8(14)10-3-6(12)7(13)4-11(10,5-10)9(15)17-2/h6-7H,3-5H2,1-2H3. The van der Waals surface area contributed by atoms with Crippen molar-refractivity contribution >= 4 is 43.8 Å². The SMILES string of the molecule is COC(=O)C12CC(Br)C(Br)CC1(C(=O)OC)C2. The Morgan fingerprint density at radius 2 is 1.35 bits per heavy atom. The molecule has 17 heavy (non-hydrogen) atoms. The van der Waals surface area contributed by atoms with Crippen LogP contribution in [0.5, 0.6) is 0 Å². The summed E-state index contributed by atoms with van der Waals surface area (Å²) < 4.78 is 9.71. The van der Waals surface area contributed by atoms with Gasteiger partial charge in [0.1, 0.15) is 0 Å². The number of methoxy groups -OCH3 is 2. The van der Waals surface area contributed by atoms with Crippen LogP contribution in [0.4, 0.5) is 0 Å². The molecule has 0 saturated heterocycles. The van der Waals surface area contributed by atoms with Crippen LogP contribution in [0.2, 0.25) is 0 Å². The Morgan fingerprint density at radius 1 is 1.00 bits per heavy atom. The van der Waals surface area contributed by atoms with E-state index >= 15 is 0 Å². The van der Waals surface area contributed by atoms with E-state index < -0.39 is 10.8 Å². The molecule has 96 valence electrons. The van der Waals surface area contributed by atoms with Crippen molar-refractivity contribution in [2.45, 2.75) is 28.9 Å². The van der Waals surface area contributed by atoms with Crippen molar-refractivity contribution in [3.8, 4) is 0 Å². The molecule has 0 bridgehead atoms. The summed E-state index contributed by atoms with van der Waals surface area (Å²) in [5.41, 5.74) is -1.37. The average molecular weight is 370 g/mol. The van der Waals surface area contributed by atoms with Gasteiger partial charge in [0.15, 0.2) is 0 Å². The summed E-state index contributed by atoms with van der Waals surface area (Å²) in [6.45, 7) is 0. The van der Waals surface area contributed by atoms with Crippen LogP contribution < -0.4 is 0 Å². The predicted molar refractivity (Wildman–Crippen MR) is 68.2 cm³/mol. The molecular weight excluding hydrogens is 356 g/mol. The van der Waals surface area contributed by atoms with Crippen molar-refractivity contribution in [3.63, 3.8) is 0 Å². The van der Waals surface area contributed by atoms with Gasteiger partial charge in [-0.25, -0.2) is 0 Å². The summed E-state index contributed by atoms with van der Waals surface area (Å²) in [6.07, 6.45) is 1.74. The number of fused-ring (bicyclic) bond motifs is 1. The summed E-state index contributed by atoms with van der Waals surface area (Å²) in [5.74, 6) is -0.599. The largest absolute Gasteiger partial charge is 0.469 e. The predicted octanol–water partition coefficient (Wildman–Crippen LogP) is 2.03. The average Bonchev–Trinajstić information content (AvgIpc) is 2.98. The first-order valence-electron chi connectivity index (χ1n) is 5.38. The van der Waals surface area contributed by atoms with Crippen LogP contribution in [-0.4, -0.2) is 35.8 Å². The van der Waals surface area contributed by atoms with E-state index in [1.807, 2.05) is 0 Å². The Kier molecular flexibility index (Phi) is 3.32. The van der Waals surface area contributed by atoms with Gasteiger partial charge in [-0.15, -0.1) is 0 Å². The molecule has 2 aliphatic carbocycles. The highest BCUT2D eigenvalue weighted by Crippen LogP contribution is 2.73. The third-order valence-corrected chi connectivity index (χ3v) is 6.66. The van der Waals surface area contributed by atoms with Crippen LogP contribution in [0, 0.1) is 10.8 Å². The molecule has 6 heteroatoms. The third kappa shape index (κ3) is 1.67. The zero-order chi connectivity index (χ0) is 12.8. The molecule has 4 unspecified atom stereocenters. The van der Waals surface area contributed by atoms with Gasteiger partial charge in [0, 0.05) is 9.65 Å². The minimum Gasteiger partial charge on any atom is -0.469 e. The van der Waals surface area contributed by atoms with E-state index in [9.17, 15) is 9.59 Å². The van der Waals surface area contributed by atoms with Crippen molar-refractivity contribution in [3.05, 3.63) is 0 Å². The third-order valence-electron chi connectivity index (χ3n) is 4.03. The molecule has 0 aromatic carbocycles. The number of carbonyl (C=O) groups excluding carboxylic acids is 2. The van der Waals surface area contributed by atoms with Crippen molar-refractivity contribution in [2.24, 2.45) is 10.8 Å². The maximum absolute atomic E-state index is 11.9. The number of hydrogen-bond acceptors (Lipinski definition) is 4. The molecular formula is C11H14Br2O4. The Labute approximate surface area is 117 Å². The number of carbonyl (C=O) groups is 2. The van der Waals surface area contributed by atoms with Gasteiger partial charge in [0.25, 0.3) is 0 Å². The molecule has 2 saturated carbocycles. The molecule has 2 rings (SSSR count). The van der Waals surface area contributed by atoms with Gasteiger partial charge in [-0.3, -0.25) is 9.59 Å². The fraction of sp³-hybridized carbons (Fsp3) is 0.818. The number of esters is 2. The lowest BCUT2D eigenvalue weighted by atomic mass is 9.79. The second kappa shape index (κ2) is 4.23. The molecule has 0 spiro atoms. The Morgan fingerprint density at radius 3 is 1.65 bits per heavy atom. The molecule has 2 aliphatic rings. The molecule has 0 aliphatic heterocycles. The molecule has 0 amide bonds. The molecule has 4 atom stereocenters. The lowest BCUT2D eigenvalue weighted by Crippen LogP contribution is -2.41. The van der Waals surface area contributed by atoms with Crippen LogP contribution in [0.3, 0.4) is 0 Å². The maximum Gasteiger partial charge on any atom is 0.313 e. The highest BCUT2D eigenvalue weighted by atomic mass is 79.9. The van der Waals surface area contributed by atoms with Crippen LogP contribution in [-0.2, 0) is 19.1 Å². The Bertz CT molecular complexity index is 338. The highest BCUT2D eigenvalue weighted by molar-refractivity contribution is 9.12. The topological polar surface area (TPSA) is 52.6 Å². The normalized spacial score (nSPS) is 43.5. The zero-order valence-corrected chi connectivity index (χ0v) is 12.8.